The lowest BCUT2D eigenvalue weighted by molar-refractivity contribution is -0.146. The van der Waals surface area contributed by atoms with Crippen molar-refractivity contribution in [3.8, 4) is 0 Å². The summed E-state index contributed by atoms with van der Waals surface area (Å²) in [4.78, 5) is 46.7. The summed E-state index contributed by atoms with van der Waals surface area (Å²) in [6.45, 7) is 5.72. The second-order valence-corrected chi connectivity index (χ2v) is 7.69. The molecule has 1 saturated heterocycles. The molecule has 1 fully saturated rings. The van der Waals surface area contributed by atoms with Crippen molar-refractivity contribution < 1.29 is 14.4 Å². The van der Waals surface area contributed by atoms with E-state index in [4.69, 9.17) is 5.73 Å². The molecule has 0 spiro atoms. The van der Waals surface area contributed by atoms with Gasteiger partial charge in [-0.3, -0.25) is 14.4 Å². The fourth-order valence-electron chi connectivity index (χ4n) is 3.55. The lowest BCUT2D eigenvalue weighted by Gasteiger charge is -2.38. The van der Waals surface area contributed by atoms with E-state index in [1.807, 2.05) is 6.07 Å². The van der Waals surface area contributed by atoms with Crippen LogP contribution in [0, 0.1) is 12.8 Å². The van der Waals surface area contributed by atoms with Gasteiger partial charge in [0.1, 0.15) is 11.6 Å². The first-order chi connectivity index (χ1) is 14.2. The van der Waals surface area contributed by atoms with Crippen LogP contribution in [0.1, 0.15) is 43.9 Å². The number of likely N-dealkylation sites (tertiary alicyclic amines) is 1. The molecule has 0 aromatic carbocycles. The summed E-state index contributed by atoms with van der Waals surface area (Å²) in [5.41, 5.74) is 7.66. The average molecular weight is 410 g/mol. The van der Waals surface area contributed by atoms with E-state index in [1.54, 1.807) is 30.2 Å². The van der Waals surface area contributed by atoms with Crippen molar-refractivity contribution in [3.63, 3.8) is 0 Å². The average Bonchev–Trinajstić information content (AvgIpc) is 2.70. The number of aryl methyl sites for hydroxylation is 1. The van der Waals surface area contributed by atoms with Gasteiger partial charge in [0.05, 0.1) is 17.9 Å². The molecule has 30 heavy (non-hydrogen) atoms. The molecule has 9 nitrogen and oxygen atoms in total. The molecular formula is C21H26N6O3. The van der Waals surface area contributed by atoms with E-state index in [2.05, 4.69) is 27.5 Å². The first kappa shape index (κ1) is 21.2. The van der Waals surface area contributed by atoms with Gasteiger partial charge in [0.15, 0.2) is 0 Å². The molecule has 3 amide bonds. The smallest absolute Gasteiger partial charge is 0.313 e. The Kier molecular flexibility index (Phi) is 6.29. The third-order valence-electron chi connectivity index (χ3n) is 5.12. The number of nitrogens with two attached hydrogens (primary N) is 1. The maximum Gasteiger partial charge on any atom is 0.313 e. The van der Waals surface area contributed by atoms with Gasteiger partial charge in [-0.05, 0) is 48.9 Å². The number of pyridine rings is 2. The van der Waals surface area contributed by atoms with E-state index in [-0.39, 0.29) is 17.9 Å². The van der Waals surface area contributed by atoms with E-state index < -0.39 is 11.8 Å². The number of hydrogen-bond acceptors (Lipinski definition) is 6. The molecule has 0 unspecified atom stereocenters. The number of carbonyl (C=O) groups excluding carboxylic acids is 3. The van der Waals surface area contributed by atoms with Crippen LogP contribution in [-0.4, -0.2) is 39.1 Å². The highest BCUT2D eigenvalue weighted by atomic mass is 16.2. The molecule has 4 N–H and O–H groups in total. The normalized spacial score (nSPS) is 18.6. The van der Waals surface area contributed by atoms with Gasteiger partial charge in [-0.1, -0.05) is 13.0 Å². The third kappa shape index (κ3) is 4.91. The molecule has 3 heterocycles. The molecule has 0 saturated carbocycles. The topological polar surface area (TPSA) is 130 Å². The number of nitrogen functional groups attached to an aromatic ring is 1. The summed E-state index contributed by atoms with van der Waals surface area (Å²) in [5.74, 6) is -0.431. The second-order valence-electron chi connectivity index (χ2n) is 7.69. The number of nitrogens with zero attached hydrogens (tertiary/aromatic N) is 3. The van der Waals surface area contributed by atoms with Crippen molar-refractivity contribution in [2.75, 3.05) is 22.9 Å². The van der Waals surface area contributed by atoms with E-state index in [9.17, 15) is 14.4 Å². The Labute approximate surface area is 175 Å². The molecule has 0 aliphatic carbocycles. The standard InChI is InChI=1S/C21H26N6O3/c1-12-4-6-17(15-5-7-18(23-9-15)25-14(3)28)27(11-12)21(30)20(29)26-16-8-13(2)19(22)24-10-16/h5,7-10,12,17H,4,6,11H2,1-3H3,(H2,22,24)(H,26,29)(H,23,25,28)/t12-,17+/m0/s1. The number of carbonyl (C=O) groups is 3. The number of amides is 3. The number of nitrogens with one attached hydrogen (secondary N) is 2. The molecule has 0 radical (unpaired) electrons. The molecule has 1 aliphatic rings. The monoisotopic (exact) mass is 410 g/mol. The summed E-state index contributed by atoms with van der Waals surface area (Å²) < 4.78 is 0. The SMILES string of the molecule is CC(=O)Nc1ccc([C@H]2CC[C@H](C)CN2C(=O)C(=O)Nc2cnc(N)c(C)c2)cn1. The molecule has 0 bridgehead atoms. The molecule has 2 aromatic rings. The maximum atomic E-state index is 13.0. The number of aromatic nitrogens is 2. The molecule has 1 aliphatic heterocycles. The molecule has 158 valence electrons. The van der Waals surface area contributed by atoms with Crippen molar-refractivity contribution in [1.29, 1.82) is 0 Å². The van der Waals surface area contributed by atoms with Crippen molar-refractivity contribution in [3.05, 3.63) is 41.7 Å². The fraction of sp³-hybridized carbons (Fsp3) is 0.381. The van der Waals surface area contributed by atoms with Crippen LogP contribution in [0.3, 0.4) is 0 Å². The largest absolute Gasteiger partial charge is 0.383 e. The van der Waals surface area contributed by atoms with Gasteiger partial charge in [-0.15, -0.1) is 0 Å². The Morgan fingerprint density at radius 1 is 1.13 bits per heavy atom. The molecule has 2 aromatic heterocycles. The van der Waals surface area contributed by atoms with E-state index >= 15 is 0 Å². The van der Waals surface area contributed by atoms with Crippen molar-refractivity contribution >= 4 is 35.0 Å². The summed E-state index contributed by atoms with van der Waals surface area (Å²) in [7, 11) is 0. The first-order valence-corrected chi connectivity index (χ1v) is 9.82. The van der Waals surface area contributed by atoms with Crippen LogP contribution < -0.4 is 16.4 Å². The summed E-state index contributed by atoms with van der Waals surface area (Å²) in [5, 5.41) is 5.23. The van der Waals surface area contributed by atoms with Gasteiger partial charge in [-0.2, -0.15) is 0 Å². The van der Waals surface area contributed by atoms with Gasteiger partial charge in [0.2, 0.25) is 5.91 Å². The predicted octanol–water partition coefficient (Wildman–Crippen LogP) is 2.26. The highest BCUT2D eigenvalue weighted by molar-refractivity contribution is 6.39. The highest BCUT2D eigenvalue weighted by Gasteiger charge is 2.34. The Morgan fingerprint density at radius 2 is 1.90 bits per heavy atom. The third-order valence-corrected chi connectivity index (χ3v) is 5.12. The second kappa shape index (κ2) is 8.89. The zero-order valence-electron chi connectivity index (χ0n) is 17.3. The highest BCUT2D eigenvalue weighted by Crippen LogP contribution is 2.33. The van der Waals surface area contributed by atoms with Gasteiger partial charge in [0.25, 0.3) is 0 Å². The minimum atomic E-state index is -0.720. The number of rotatable bonds is 3. The number of anilines is 3. The van der Waals surface area contributed by atoms with E-state index in [0.717, 1.165) is 24.0 Å². The number of hydrogen-bond donors (Lipinski definition) is 3. The van der Waals surface area contributed by atoms with Crippen LogP contribution in [0.4, 0.5) is 17.3 Å². The Hall–Kier alpha value is -3.49. The molecule has 9 heteroatoms. The van der Waals surface area contributed by atoms with E-state index in [1.165, 1.54) is 13.1 Å². The minimum absolute atomic E-state index is 0.206. The van der Waals surface area contributed by atoms with Crippen LogP contribution >= 0.6 is 0 Å². The quantitative estimate of drug-likeness (QED) is 0.666. The van der Waals surface area contributed by atoms with Gasteiger partial charge < -0.3 is 21.3 Å². The Bertz CT molecular complexity index is 960. The van der Waals surface area contributed by atoms with Gasteiger partial charge in [0, 0.05) is 19.7 Å². The van der Waals surface area contributed by atoms with Gasteiger partial charge >= 0.3 is 11.8 Å². The summed E-state index contributed by atoms with van der Waals surface area (Å²) >= 11 is 0. The maximum absolute atomic E-state index is 13.0. The van der Waals surface area contributed by atoms with Crippen LogP contribution in [0.2, 0.25) is 0 Å². The Morgan fingerprint density at radius 3 is 2.53 bits per heavy atom. The predicted molar refractivity (Wildman–Crippen MR) is 113 cm³/mol. The minimum Gasteiger partial charge on any atom is -0.383 e. The van der Waals surface area contributed by atoms with Gasteiger partial charge in [-0.25, -0.2) is 9.97 Å². The molecule has 2 atom stereocenters. The lowest BCUT2D eigenvalue weighted by atomic mass is 9.90. The Balaban J connectivity index is 1.77. The van der Waals surface area contributed by atoms with E-state index in [0.29, 0.717) is 23.9 Å². The number of piperidine rings is 1. The molecule has 3 rings (SSSR count). The van der Waals surface area contributed by atoms with Crippen LogP contribution in [0.15, 0.2) is 30.6 Å². The summed E-state index contributed by atoms with van der Waals surface area (Å²) in [6, 6.07) is 4.93. The van der Waals surface area contributed by atoms with Crippen molar-refractivity contribution in [2.45, 2.75) is 39.7 Å². The van der Waals surface area contributed by atoms with Crippen molar-refractivity contribution in [1.82, 2.24) is 14.9 Å². The van der Waals surface area contributed by atoms with Crippen LogP contribution in [0.5, 0.6) is 0 Å². The zero-order valence-corrected chi connectivity index (χ0v) is 17.3. The van der Waals surface area contributed by atoms with Crippen molar-refractivity contribution in [2.24, 2.45) is 5.92 Å². The first-order valence-electron chi connectivity index (χ1n) is 9.82. The van der Waals surface area contributed by atoms with Crippen LogP contribution in [0.25, 0.3) is 0 Å². The zero-order chi connectivity index (χ0) is 21.8. The lowest BCUT2D eigenvalue weighted by Crippen LogP contribution is -2.46. The fourth-order valence-corrected chi connectivity index (χ4v) is 3.55. The molecular weight excluding hydrogens is 384 g/mol. The van der Waals surface area contributed by atoms with Crippen LogP contribution in [-0.2, 0) is 14.4 Å². The summed E-state index contributed by atoms with van der Waals surface area (Å²) in [6.07, 6.45) is 4.72.